The van der Waals surface area contributed by atoms with E-state index in [1.807, 2.05) is 25.1 Å². The van der Waals surface area contributed by atoms with E-state index in [9.17, 15) is 0 Å². The lowest BCUT2D eigenvalue weighted by Crippen LogP contribution is -2.02. The van der Waals surface area contributed by atoms with Crippen LogP contribution in [0.2, 0.25) is 0 Å². The SMILES string of the molecule is Cc1cc(C)nc(NCc2ccncc2)c1. The molecule has 0 saturated carbocycles. The summed E-state index contributed by atoms with van der Waals surface area (Å²) in [5, 5.41) is 3.30. The third-order valence-electron chi connectivity index (χ3n) is 2.32. The maximum absolute atomic E-state index is 4.42. The summed E-state index contributed by atoms with van der Waals surface area (Å²) >= 11 is 0. The molecule has 2 aromatic rings. The molecule has 82 valence electrons. The van der Waals surface area contributed by atoms with Crippen molar-refractivity contribution in [3.05, 3.63) is 53.5 Å². The first-order valence-corrected chi connectivity index (χ1v) is 5.32. The van der Waals surface area contributed by atoms with E-state index in [1.165, 1.54) is 11.1 Å². The molecule has 0 spiro atoms. The Morgan fingerprint density at radius 1 is 1.12 bits per heavy atom. The van der Waals surface area contributed by atoms with Gasteiger partial charge < -0.3 is 5.32 Å². The van der Waals surface area contributed by atoms with Gasteiger partial charge in [0.05, 0.1) is 0 Å². The Morgan fingerprint density at radius 2 is 1.88 bits per heavy atom. The number of hydrogen-bond donors (Lipinski definition) is 1. The van der Waals surface area contributed by atoms with Crippen LogP contribution in [0.15, 0.2) is 36.7 Å². The van der Waals surface area contributed by atoms with Crippen LogP contribution in [0.3, 0.4) is 0 Å². The van der Waals surface area contributed by atoms with E-state index in [-0.39, 0.29) is 0 Å². The second kappa shape index (κ2) is 4.75. The zero-order chi connectivity index (χ0) is 11.4. The molecular formula is C13H15N3. The molecule has 0 aromatic carbocycles. The van der Waals surface area contributed by atoms with E-state index in [0.29, 0.717) is 0 Å². The third-order valence-corrected chi connectivity index (χ3v) is 2.32. The smallest absolute Gasteiger partial charge is 0.126 e. The Bertz CT molecular complexity index is 446. The highest BCUT2D eigenvalue weighted by atomic mass is 15.0. The van der Waals surface area contributed by atoms with Gasteiger partial charge in [0.1, 0.15) is 5.82 Å². The van der Waals surface area contributed by atoms with Crippen LogP contribution < -0.4 is 5.32 Å². The first kappa shape index (κ1) is 10.6. The Morgan fingerprint density at radius 3 is 2.56 bits per heavy atom. The van der Waals surface area contributed by atoms with Crippen molar-refractivity contribution in [1.29, 1.82) is 0 Å². The van der Waals surface area contributed by atoms with E-state index >= 15 is 0 Å². The molecule has 0 unspecified atom stereocenters. The number of aryl methyl sites for hydroxylation is 2. The summed E-state index contributed by atoms with van der Waals surface area (Å²) in [6, 6.07) is 8.11. The summed E-state index contributed by atoms with van der Waals surface area (Å²) in [4.78, 5) is 8.41. The van der Waals surface area contributed by atoms with Crippen LogP contribution in [0.5, 0.6) is 0 Å². The fourth-order valence-corrected chi connectivity index (χ4v) is 1.63. The molecule has 0 atom stereocenters. The largest absolute Gasteiger partial charge is 0.366 e. The predicted molar refractivity (Wildman–Crippen MR) is 65.3 cm³/mol. The normalized spacial score (nSPS) is 10.1. The van der Waals surface area contributed by atoms with Crippen molar-refractivity contribution >= 4 is 5.82 Å². The lowest BCUT2D eigenvalue weighted by atomic mass is 10.2. The number of nitrogens with zero attached hydrogens (tertiary/aromatic N) is 2. The fourth-order valence-electron chi connectivity index (χ4n) is 1.63. The zero-order valence-electron chi connectivity index (χ0n) is 9.57. The van der Waals surface area contributed by atoms with E-state index in [1.54, 1.807) is 12.4 Å². The molecule has 0 aliphatic carbocycles. The fraction of sp³-hybridized carbons (Fsp3) is 0.231. The van der Waals surface area contributed by atoms with Crippen LogP contribution in [0.25, 0.3) is 0 Å². The molecule has 3 heteroatoms. The number of nitrogens with one attached hydrogen (secondary N) is 1. The summed E-state index contributed by atoms with van der Waals surface area (Å²) in [5.74, 6) is 0.925. The van der Waals surface area contributed by atoms with Crippen LogP contribution in [-0.2, 0) is 6.54 Å². The average molecular weight is 213 g/mol. The standard InChI is InChI=1S/C13H15N3/c1-10-7-11(2)16-13(8-10)15-9-12-3-5-14-6-4-12/h3-8H,9H2,1-2H3,(H,15,16). The van der Waals surface area contributed by atoms with Crippen molar-refractivity contribution in [1.82, 2.24) is 9.97 Å². The first-order valence-electron chi connectivity index (χ1n) is 5.32. The van der Waals surface area contributed by atoms with Crippen LogP contribution >= 0.6 is 0 Å². The lowest BCUT2D eigenvalue weighted by Gasteiger charge is -2.07. The molecule has 0 aliphatic rings. The molecule has 2 heterocycles. The zero-order valence-corrected chi connectivity index (χ0v) is 9.57. The van der Waals surface area contributed by atoms with Crippen molar-refractivity contribution < 1.29 is 0 Å². The molecule has 0 aliphatic heterocycles. The molecule has 0 amide bonds. The van der Waals surface area contributed by atoms with E-state index in [0.717, 1.165) is 18.1 Å². The summed E-state index contributed by atoms with van der Waals surface area (Å²) in [6.07, 6.45) is 3.60. The summed E-state index contributed by atoms with van der Waals surface area (Å²) < 4.78 is 0. The minimum Gasteiger partial charge on any atom is -0.366 e. The second-order valence-corrected chi connectivity index (χ2v) is 3.88. The van der Waals surface area contributed by atoms with Gasteiger partial charge in [0.2, 0.25) is 0 Å². The molecular weight excluding hydrogens is 198 g/mol. The molecule has 0 radical (unpaired) electrons. The molecule has 0 fully saturated rings. The summed E-state index contributed by atoms with van der Waals surface area (Å²) in [6.45, 7) is 4.86. The molecule has 1 N–H and O–H groups in total. The molecule has 3 nitrogen and oxygen atoms in total. The lowest BCUT2D eigenvalue weighted by molar-refractivity contribution is 1.07. The molecule has 0 bridgehead atoms. The highest BCUT2D eigenvalue weighted by molar-refractivity contribution is 5.39. The molecule has 2 rings (SSSR count). The maximum atomic E-state index is 4.42. The number of hydrogen-bond acceptors (Lipinski definition) is 3. The monoisotopic (exact) mass is 213 g/mol. The quantitative estimate of drug-likeness (QED) is 0.851. The Balaban J connectivity index is 2.05. The molecule has 2 aromatic heterocycles. The van der Waals surface area contributed by atoms with Crippen LogP contribution in [0.1, 0.15) is 16.8 Å². The van der Waals surface area contributed by atoms with Gasteiger partial charge in [-0.15, -0.1) is 0 Å². The Kier molecular flexibility index (Phi) is 3.15. The van der Waals surface area contributed by atoms with Crippen molar-refractivity contribution in [2.45, 2.75) is 20.4 Å². The van der Waals surface area contributed by atoms with Gasteiger partial charge in [0, 0.05) is 24.6 Å². The van der Waals surface area contributed by atoms with Crippen molar-refractivity contribution in [2.24, 2.45) is 0 Å². The Hall–Kier alpha value is -1.90. The van der Waals surface area contributed by atoms with E-state index < -0.39 is 0 Å². The van der Waals surface area contributed by atoms with Crippen molar-refractivity contribution in [3.8, 4) is 0 Å². The number of pyridine rings is 2. The third kappa shape index (κ3) is 2.79. The molecule has 16 heavy (non-hydrogen) atoms. The van der Waals surface area contributed by atoms with Crippen molar-refractivity contribution in [3.63, 3.8) is 0 Å². The topological polar surface area (TPSA) is 37.8 Å². The first-order chi connectivity index (χ1) is 7.74. The summed E-state index contributed by atoms with van der Waals surface area (Å²) in [7, 11) is 0. The van der Waals surface area contributed by atoms with Gasteiger partial charge in [-0.3, -0.25) is 4.98 Å². The van der Waals surface area contributed by atoms with Gasteiger partial charge in [0.25, 0.3) is 0 Å². The van der Waals surface area contributed by atoms with Crippen LogP contribution in [0.4, 0.5) is 5.82 Å². The van der Waals surface area contributed by atoms with E-state index in [4.69, 9.17) is 0 Å². The van der Waals surface area contributed by atoms with Gasteiger partial charge in [-0.2, -0.15) is 0 Å². The molecule has 0 saturated heterocycles. The number of aromatic nitrogens is 2. The van der Waals surface area contributed by atoms with Gasteiger partial charge in [-0.1, -0.05) is 0 Å². The van der Waals surface area contributed by atoms with Gasteiger partial charge in [-0.25, -0.2) is 4.98 Å². The average Bonchev–Trinajstić information content (AvgIpc) is 2.27. The predicted octanol–water partition coefficient (Wildman–Crippen LogP) is 2.71. The maximum Gasteiger partial charge on any atom is 0.126 e. The minimum absolute atomic E-state index is 0.776. The second-order valence-electron chi connectivity index (χ2n) is 3.88. The van der Waals surface area contributed by atoms with Crippen LogP contribution in [-0.4, -0.2) is 9.97 Å². The van der Waals surface area contributed by atoms with Crippen LogP contribution in [0, 0.1) is 13.8 Å². The van der Waals surface area contributed by atoms with E-state index in [2.05, 4.69) is 28.3 Å². The number of anilines is 1. The highest BCUT2D eigenvalue weighted by Crippen LogP contribution is 2.10. The Labute approximate surface area is 95.6 Å². The highest BCUT2D eigenvalue weighted by Gasteiger charge is 1.97. The van der Waals surface area contributed by atoms with Gasteiger partial charge in [-0.05, 0) is 49.2 Å². The minimum atomic E-state index is 0.776. The van der Waals surface area contributed by atoms with Gasteiger partial charge >= 0.3 is 0 Å². The van der Waals surface area contributed by atoms with Crippen molar-refractivity contribution in [2.75, 3.05) is 5.32 Å². The number of rotatable bonds is 3. The van der Waals surface area contributed by atoms with Gasteiger partial charge in [0.15, 0.2) is 0 Å². The summed E-state index contributed by atoms with van der Waals surface area (Å²) in [5.41, 5.74) is 3.47.